The molecule has 2 aliphatic rings. The number of pyridine rings is 3. The fraction of sp³-hybridized carbons (Fsp3) is 0.320. The van der Waals surface area contributed by atoms with Gasteiger partial charge in [0.25, 0.3) is 0 Å². The number of rotatable bonds is 4. The van der Waals surface area contributed by atoms with Gasteiger partial charge in [-0.3, -0.25) is 19.6 Å². The Morgan fingerprint density at radius 2 is 2.03 bits per heavy atom. The minimum absolute atomic E-state index is 0.00136. The average Bonchev–Trinajstić information content (AvgIpc) is 3.29. The first kappa shape index (κ1) is 21.5. The van der Waals surface area contributed by atoms with Crippen molar-refractivity contribution in [3.8, 4) is 11.3 Å². The van der Waals surface area contributed by atoms with Crippen LogP contribution in [0.25, 0.3) is 33.3 Å². The molecule has 0 saturated carbocycles. The number of fused-ring (bicyclic) bond motifs is 4. The van der Waals surface area contributed by atoms with Gasteiger partial charge >= 0.3 is 6.03 Å². The molecule has 1 fully saturated rings. The molecular formula is C25H26N8O2. The third kappa shape index (κ3) is 3.66. The number of amides is 3. The van der Waals surface area contributed by atoms with Gasteiger partial charge in [-0.25, -0.2) is 14.8 Å². The number of hydrogen-bond acceptors (Lipinski definition) is 6. The highest BCUT2D eigenvalue weighted by molar-refractivity contribution is 6.04. The van der Waals surface area contributed by atoms with Crippen LogP contribution in [-0.2, 0) is 11.3 Å². The monoisotopic (exact) mass is 470 g/mol. The molecule has 0 radical (unpaired) electrons. The smallest absolute Gasteiger partial charge is 0.324 e. The van der Waals surface area contributed by atoms with E-state index in [1.165, 1.54) is 0 Å². The first-order valence-electron chi connectivity index (χ1n) is 11.8. The van der Waals surface area contributed by atoms with E-state index < -0.39 is 0 Å². The molecule has 10 heteroatoms. The first-order valence-corrected chi connectivity index (χ1v) is 11.8. The van der Waals surface area contributed by atoms with Crippen LogP contribution in [0.3, 0.4) is 0 Å². The van der Waals surface area contributed by atoms with E-state index in [0.717, 1.165) is 57.4 Å². The summed E-state index contributed by atoms with van der Waals surface area (Å²) in [6.07, 6.45) is 7.03. The third-order valence-electron chi connectivity index (χ3n) is 6.97. The summed E-state index contributed by atoms with van der Waals surface area (Å²) in [7, 11) is 1.81. The molecule has 0 aliphatic carbocycles. The van der Waals surface area contributed by atoms with Gasteiger partial charge in [0.2, 0.25) is 5.91 Å². The molecule has 2 aliphatic heterocycles. The summed E-state index contributed by atoms with van der Waals surface area (Å²) < 4.78 is 0. The van der Waals surface area contributed by atoms with Crippen molar-refractivity contribution in [2.75, 3.05) is 31.6 Å². The Balaban J connectivity index is 1.44. The van der Waals surface area contributed by atoms with Crippen molar-refractivity contribution in [3.05, 3.63) is 48.4 Å². The van der Waals surface area contributed by atoms with Crippen LogP contribution >= 0.6 is 0 Å². The predicted octanol–water partition coefficient (Wildman–Crippen LogP) is 2.49. The van der Waals surface area contributed by atoms with Crippen molar-refractivity contribution in [1.29, 1.82) is 0 Å². The highest BCUT2D eigenvalue weighted by Gasteiger charge is 2.37. The summed E-state index contributed by atoms with van der Waals surface area (Å²) in [4.78, 5) is 47.8. The molecule has 0 unspecified atom stereocenters. The van der Waals surface area contributed by atoms with Gasteiger partial charge in [0.15, 0.2) is 0 Å². The van der Waals surface area contributed by atoms with Gasteiger partial charge in [-0.15, -0.1) is 0 Å². The molecule has 6 heterocycles. The Kier molecular flexibility index (Phi) is 5.10. The zero-order valence-electron chi connectivity index (χ0n) is 19.4. The van der Waals surface area contributed by atoms with Crippen molar-refractivity contribution in [3.63, 3.8) is 0 Å². The summed E-state index contributed by atoms with van der Waals surface area (Å²) in [6.45, 7) is 2.15. The van der Waals surface area contributed by atoms with Crippen molar-refractivity contribution in [2.45, 2.75) is 25.4 Å². The van der Waals surface area contributed by atoms with Crippen LogP contribution in [-0.4, -0.2) is 74.4 Å². The summed E-state index contributed by atoms with van der Waals surface area (Å²) >= 11 is 0. The Morgan fingerprint density at radius 1 is 1.20 bits per heavy atom. The van der Waals surface area contributed by atoms with Crippen LogP contribution in [0, 0.1) is 0 Å². The molecule has 4 aromatic rings. The fourth-order valence-corrected chi connectivity index (χ4v) is 5.29. The number of nitrogens with one attached hydrogen (secondary N) is 1. The van der Waals surface area contributed by atoms with E-state index in [2.05, 4.69) is 15.0 Å². The van der Waals surface area contributed by atoms with Crippen LogP contribution in [0.4, 0.5) is 10.5 Å². The topological polar surface area (TPSA) is 124 Å². The Labute approximate surface area is 201 Å². The van der Waals surface area contributed by atoms with Gasteiger partial charge in [-0.2, -0.15) is 0 Å². The predicted molar refractivity (Wildman–Crippen MR) is 133 cm³/mol. The molecule has 1 saturated heterocycles. The lowest BCUT2D eigenvalue weighted by Gasteiger charge is -2.43. The molecule has 4 aromatic heterocycles. The number of H-pyrrole nitrogens is 1. The van der Waals surface area contributed by atoms with E-state index in [9.17, 15) is 9.59 Å². The maximum atomic E-state index is 13.5. The molecule has 10 nitrogen and oxygen atoms in total. The van der Waals surface area contributed by atoms with Gasteiger partial charge in [0.1, 0.15) is 11.2 Å². The average molecular weight is 471 g/mol. The van der Waals surface area contributed by atoms with Crippen molar-refractivity contribution < 1.29 is 9.59 Å². The number of likely N-dealkylation sites (tertiary alicyclic amines) is 1. The summed E-state index contributed by atoms with van der Waals surface area (Å²) in [5, 5.41) is 0.992. The molecule has 0 aromatic carbocycles. The lowest BCUT2D eigenvalue weighted by molar-refractivity contribution is -0.119. The van der Waals surface area contributed by atoms with Crippen molar-refractivity contribution in [2.24, 2.45) is 5.73 Å². The lowest BCUT2D eigenvalue weighted by atomic mass is 9.99. The van der Waals surface area contributed by atoms with Crippen LogP contribution in [0.2, 0.25) is 0 Å². The highest BCUT2D eigenvalue weighted by Crippen LogP contribution is 2.38. The number of aromatic amines is 1. The third-order valence-corrected chi connectivity index (χ3v) is 6.97. The SMILES string of the molecule is CN1Cc2cnc3ccc(-c4c[nH]c5ncccc45)nc3c2N(C2CCN(CC(N)=O)CC2)C1=O. The molecule has 178 valence electrons. The number of nitrogens with two attached hydrogens (primary N) is 1. The molecular weight excluding hydrogens is 444 g/mol. The van der Waals surface area contributed by atoms with Crippen LogP contribution in [0.15, 0.2) is 42.9 Å². The quantitative estimate of drug-likeness (QED) is 0.472. The Hall–Kier alpha value is -4.05. The number of carbonyl (C=O) groups excluding carboxylic acids is 2. The number of nitrogens with zero attached hydrogens (tertiary/aromatic N) is 6. The van der Waals surface area contributed by atoms with Gasteiger partial charge < -0.3 is 15.6 Å². The number of piperidine rings is 1. The Bertz CT molecular complexity index is 1460. The molecule has 3 amide bonds. The summed E-state index contributed by atoms with van der Waals surface area (Å²) in [5.41, 5.74) is 11.2. The highest BCUT2D eigenvalue weighted by atomic mass is 16.2. The van der Waals surface area contributed by atoms with Gasteiger partial charge in [-0.05, 0) is 37.1 Å². The van der Waals surface area contributed by atoms with Crippen molar-refractivity contribution >= 4 is 39.7 Å². The maximum absolute atomic E-state index is 13.5. The fourth-order valence-electron chi connectivity index (χ4n) is 5.29. The first-order chi connectivity index (χ1) is 17.0. The number of urea groups is 1. The zero-order chi connectivity index (χ0) is 24.1. The normalized spacial score (nSPS) is 17.3. The summed E-state index contributed by atoms with van der Waals surface area (Å²) in [5.74, 6) is -0.330. The van der Waals surface area contributed by atoms with Crippen LogP contribution in [0.5, 0.6) is 0 Å². The number of primary amides is 1. The number of aromatic nitrogens is 4. The Morgan fingerprint density at radius 3 is 2.83 bits per heavy atom. The maximum Gasteiger partial charge on any atom is 0.324 e. The van der Waals surface area contributed by atoms with Gasteiger partial charge in [0.05, 0.1) is 30.0 Å². The second kappa shape index (κ2) is 8.31. The molecule has 0 spiro atoms. The number of hydrogen-bond donors (Lipinski definition) is 2. The number of anilines is 1. The van der Waals surface area contributed by atoms with Crippen LogP contribution in [0.1, 0.15) is 18.4 Å². The zero-order valence-corrected chi connectivity index (χ0v) is 19.4. The summed E-state index contributed by atoms with van der Waals surface area (Å²) in [6, 6.07) is 7.81. The van der Waals surface area contributed by atoms with E-state index in [-0.39, 0.29) is 24.5 Å². The van der Waals surface area contributed by atoms with Gasteiger partial charge in [-0.1, -0.05) is 0 Å². The minimum atomic E-state index is -0.330. The largest absolute Gasteiger partial charge is 0.369 e. The van der Waals surface area contributed by atoms with E-state index >= 15 is 0 Å². The lowest BCUT2D eigenvalue weighted by Crippen LogP contribution is -2.54. The second-order valence-electron chi connectivity index (χ2n) is 9.28. The molecule has 0 bridgehead atoms. The molecule has 35 heavy (non-hydrogen) atoms. The molecule has 0 atom stereocenters. The standard InChI is InChI=1S/C25H26N8O2/c1-31-13-15-11-28-20-5-4-19(18-12-29-24-17(18)3-2-8-27-24)30-22(20)23(15)33(25(31)35)16-6-9-32(10-7-16)14-21(26)34/h2-5,8,11-12,16H,6-7,9-10,13-14H2,1H3,(H2,26,34)(H,27,29). The molecule has 6 rings (SSSR count). The van der Waals surface area contributed by atoms with E-state index in [4.69, 9.17) is 10.7 Å². The van der Waals surface area contributed by atoms with Crippen molar-refractivity contribution in [1.82, 2.24) is 29.7 Å². The second-order valence-corrected chi connectivity index (χ2v) is 9.28. The van der Waals surface area contributed by atoms with E-state index in [1.807, 2.05) is 53.5 Å². The minimum Gasteiger partial charge on any atom is -0.369 e. The van der Waals surface area contributed by atoms with E-state index in [0.29, 0.717) is 19.6 Å². The van der Waals surface area contributed by atoms with E-state index in [1.54, 1.807) is 11.1 Å². The number of carbonyl (C=O) groups is 2. The molecule has 3 N–H and O–H groups in total. The van der Waals surface area contributed by atoms with Crippen LogP contribution < -0.4 is 10.6 Å². The van der Waals surface area contributed by atoms with Gasteiger partial charge in [0, 0.05) is 61.3 Å².